The van der Waals surface area contributed by atoms with Crippen LogP contribution < -0.4 is 5.32 Å². The van der Waals surface area contributed by atoms with E-state index in [1.807, 2.05) is 37.4 Å². The zero-order valence-electron chi connectivity index (χ0n) is 16.6. The molecule has 150 valence electrons. The predicted octanol–water partition coefficient (Wildman–Crippen LogP) is 3.65. The number of fused-ring (bicyclic) bond motifs is 1. The van der Waals surface area contributed by atoms with Crippen LogP contribution in [0.15, 0.2) is 73.0 Å². The van der Waals surface area contributed by atoms with Gasteiger partial charge in [0, 0.05) is 35.8 Å². The number of benzene rings is 2. The highest BCUT2D eigenvalue weighted by Crippen LogP contribution is 2.26. The van der Waals surface area contributed by atoms with Crippen LogP contribution in [0, 0.1) is 6.92 Å². The molecule has 3 aromatic rings. The lowest BCUT2D eigenvalue weighted by Crippen LogP contribution is -2.54. The quantitative estimate of drug-likeness (QED) is 0.404. The minimum Gasteiger partial charge on any atom is -0.342 e. The van der Waals surface area contributed by atoms with Gasteiger partial charge in [0.2, 0.25) is 0 Å². The lowest BCUT2D eigenvalue weighted by atomic mass is 10.1. The van der Waals surface area contributed by atoms with Crippen molar-refractivity contribution < 1.29 is 14.4 Å². The van der Waals surface area contributed by atoms with Crippen molar-refractivity contribution in [3.63, 3.8) is 0 Å². The van der Waals surface area contributed by atoms with Gasteiger partial charge < -0.3 is 4.57 Å². The maximum atomic E-state index is 12.7. The van der Waals surface area contributed by atoms with E-state index in [1.165, 1.54) is 11.6 Å². The summed E-state index contributed by atoms with van der Waals surface area (Å²) in [5.41, 5.74) is 4.00. The van der Waals surface area contributed by atoms with Crippen LogP contribution in [0.1, 0.15) is 16.7 Å². The summed E-state index contributed by atoms with van der Waals surface area (Å²) in [7, 11) is 0. The number of rotatable bonds is 5. The first-order chi connectivity index (χ1) is 14.5. The van der Waals surface area contributed by atoms with Gasteiger partial charge in [0.05, 0.1) is 0 Å². The van der Waals surface area contributed by atoms with Gasteiger partial charge in [0.15, 0.2) is 0 Å². The number of para-hydroxylation sites is 1. The Morgan fingerprint density at radius 2 is 1.77 bits per heavy atom. The highest BCUT2D eigenvalue weighted by molar-refractivity contribution is 6.31. The zero-order chi connectivity index (χ0) is 21.3. The number of imide groups is 2. The lowest BCUT2D eigenvalue weighted by Gasteiger charge is -2.25. The number of carbonyl (C=O) groups is 3. The van der Waals surface area contributed by atoms with Gasteiger partial charge in [-0.25, -0.2) is 4.79 Å². The molecule has 0 atom stereocenters. The molecule has 4 amide bonds. The Bertz CT molecular complexity index is 1200. The van der Waals surface area contributed by atoms with Crippen LogP contribution in [0.2, 0.25) is 0 Å². The third-order valence-electron chi connectivity index (χ3n) is 5.09. The summed E-state index contributed by atoms with van der Waals surface area (Å²) in [4.78, 5) is 38.0. The monoisotopic (exact) mass is 399 g/mol. The van der Waals surface area contributed by atoms with Gasteiger partial charge in [-0.05, 0) is 24.6 Å². The van der Waals surface area contributed by atoms with Crippen molar-refractivity contribution in [2.24, 2.45) is 0 Å². The van der Waals surface area contributed by atoms with E-state index in [4.69, 9.17) is 0 Å². The third kappa shape index (κ3) is 3.55. The van der Waals surface area contributed by atoms with Gasteiger partial charge in [-0.15, -0.1) is 6.58 Å². The maximum absolute atomic E-state index is 12.7. The molecule has 1 fully saturated rings. The Morgan fingerprint density at radius 3 is 2.50 bits per heavy atom. The molecule has 1 aromatic heterocycles. The summed E-state index contributed by atoms with van der Waals surface area (Å²) >= 11 is 0. The van der Waals surface area contributed by atoms with E-state index < -0.39 is 17.8 Å². The zero-order valence-corrected chi connectivity index (χ0v) is 16.6. The van der Waals surface area contributed by atoms with Gasteiger partial charge in [0.1, 0.15) is 5.57 Å². The topological polar surface area (TPSA) is 71.4 Å². The van der Waals surface area contributed by atoms with Crippen LogP contribution in [0.3, 0.4) is 0 Å². The minimum absolute atomic E-state index is 0.0322. The van der Waals surface area contributed by atoms with E-state index >= 15 is 0 Å². The number of hydrogen-bond acceptors (Lipinski definition) is 3. The lowest BCUT2D eigenvalue weighted by molar-refractivity contribution is -0.129. The Kier molecular flexibility index (Phi) is 5.06. The second kappa shape index (κ2) is 7.83. The first-order valence-electron chi connectivity index (χ1n) is 9.61. The molecular weight excluding hydrogens is 378 g/mol. The molecule has 6 heteroatoms. The Hall–Kier alpha value is -3.93. The fourth-order valence-corrected chi connectivity index (χ4v) is 3.56. The number of aryl methyl sites for hydroxylation is 1. The van der Waals surface area contributed by atoms with Crippen molar-refractivity contribution in [2.75, 3.05) is 6.54 Å². The SMILES string of the molecule is C=CCN1C(=O)NC(=O)/C(=C/c2cn(Cc3ccc(C)cc3)c3ccccc23)C1=O. The molecular formula is C24H21N3O3. The molecule has 0 aliphatic carbocycles. The van der Waals surface area contributed by atoms with Crippen LogP contribution >= 0.6 is 0 Å². The van der Waals surface area contributed by atoms with Gasteiger partial charge in [-0.3, -0.25) is 19.8 Å². The van der Waals surface area contributed by atoms with Crippen molar-refractivity contribution in [3.05, 3.63) is 89.6 Å². The molecule has 4 rings (SSSR count). The van der Waals surface area contributed by atoms with Crippen molar-refractivity contribution in [3.8, 4) is 0 Å². The molecule has 0 bridgehead atoms. The number of barbiturate groups is 1. The minimum atomic E-state index is -0.733. The first kappa shape index (κ1) is 19.4. The fourth-order valence-electron chi connectivity index (χ4n) is 3.56. The average Bonchev–Trinajstić information content (AvgIpc) is 3.07. The summed E-state index contributed by atoms with van der Waals surface area (Å²) in [5.74, 6) is -1.32. The van der Waals surface area contributed by atoms with Crippen molar-refractivity contribution in [1.29, 1.82) is 0 Å². The predicted molar refractivity (Wildman–Crippen MR) is 116 cm³/mol. The summed E-state index contributed by atoms with van der Waals surface area (Å²) in [6, 6.07) is 15.4. The van der Waals surface area contributed by atoms with E-state index in [-0.39, 0.29) is 12.1 Å². The number of nitrogens with one attached hydrogen (secondary N) is 1. The van der Waals surface area contributed by atoms with Crippen LogP contribution in [0.4, 0.5) is 4.79 Å². The van der Waals surface area contributed by atoms with Crippen molar-refractivity contribution in [1.82, 2.24) is 14.8 Å². The fraction of sp³-hybridized carbons (Fsp3) is 0.125. The van der Waals surface area contributed by atoms with E-state index in [1.54, 1.807) is 6.08 Å². The first-order valence-corrected chi connectivity index (χ1v) is 9.61. The van der Waals surface area contributed by atoms with Crippen molar-refractivity contribution in [2.45, 2.75) is 13.5 Å². The summed E-state index contributed by atoms with van der Waals surface area (Å²) < 4.78 is 2.09. The molecule has 2 aromatic carbocycles. The molecule has 1 N–H and O–H groups in total. The van der Waals surface area contributed by atoms with Crippen LogP contribution in [-0.4, -0.2) is 33.9 Å². The van der Waals surface area contributed by atoms with Crippen LogP contribution in [0.25, 0.3) is 17.0 Å². The molecule has 1 aliphatic rings. The van der Waals surface area contributed by atoms with Gasteiger partial charge in [-0.2, -0.15) is 0 Å². The Balaban J connectivity index is 1.76. The number of carbonyl (C=O) groups excluding carboxylic acids is 3. The molecule has 6 nitrogen and oxygen atoms in total. The molecule has 0 radical (unpaired) electrons. The molecule has 1 aliphatic heterocycles. The third-order valence-corrected chi connectivity index (χ3v) is 5.09. The molecule has 0 saturated carbocycles. The number of aromatic nitrogens is 1. The number of urea groups is 1. The number of amides is 4. The Morgan fingerprint density at radius 1 is 1.03 bits per heavy atom. The summed E-state index contributed by atoms with van der Waals surface area (Å²) in [6.07, 6.45) is 4.92. The Labute approximate surface area is 174 Å². The van der Waals surface area contributed by atoms with Gasteiger partial charge in [0.25, 0.3) is 11.8 Å². The second-order valence-electron chi connectivity index (χ2n) is 7.24. The smallest absolute Gasteiger partial charge is 0.331 e. The van der Waals surface area contributed by atoms with E-state index in [2.05, 4.69) is 40.7 Å². The molecule has 30 heavy (non-hydrogen) atoms. The van der Waals surface area contributed by atoms with Gasteiger partial charge >= 0.3 is 6.03 Å². The maximum Gasteiger partial charge on any atom is 0.331 e. The van der Waals surface area contributed by atoms with Gasteiger partial charge in [-0.1, -0.05) is 54.1 Å². The van der Waals surface area contributed by atoms with Crippen molar-refractivity contribution >= 4 is 34.8 Å². The number of nitrogens with zero attached hydrogens (tertiary/aromatic N) is 2. The van der Waals surface area contributed by atoms with E-state index in [0.717, 1.165) is 26.9 Å². The average molecular weight is 399 g/mol. The van der Waals surface area contributed by atoms with E-state index in [9.17, 15) is 14.4 Å². The van der Waals surface area contributed by atoms with E-state index in [0.29, 0.717) is 6.54 Å². The highest BCUT2D eigenvalue weighted by atomic mass is 16.2. The standard InChI is InChI=1S/C24H21N3O3/c1-3-12-27-23(29)20(22(28)25-24(27)30)13-18-15-26(21-7-5-4-6-19(18)21)14-17-10-8-16(2)9-11-17/h3-11,13,15H,1,12,14H2,2H3,(H,25,28,30)/b20-13-. The van der Waals surface area contributed by atoms with Crippen LogP contribution in [0.5, 0.6) is 0 Å². The number of hydrogen-bond donors (Lipinski definition) is 1. The molecule has 2 heterocycles. The normalized spacial score (nSPS) is 15.7. The molecule has 1 saturated heterocycles. The largest absolute Gasteiger partial charge is 0.342 e. The highest BCUT2D eigenvalue weighted by Gasteiger charge is 2.35. The van der Waals surface area contributed by atoms with Crippen LogP contribution in [-0.2, 0) is 16.1 Å². The summed E-state index contributed by atoms with van der Waals surface area (Å²) in [6.45, 7) is 6.30. The molecule has 0 unspecified atom stereocenters. The summed E-state index contributed by atoms with van der Waals surface area (Å²) in [5, 5.41) is 3.14. The second-order valence-corrected chi connectivity index (χ2v) is 7.24. The molecule has 0 spiro atoms.